The molecule has 1 N–H and O–H groups in total. The average Bonchev–Trinajstić information content (AvgIpc) is 3.31. The number of hydrogen-bond acceptors (Lipinski definition) is 9. The minimum atomic E-state index is -0.524. The van der Waals surface area contributed by atoms with Gasteiger partial charge in [0.25, 0.3) is 0 Å². The summed E-state index contributed by atoms with van der Waals surface area (Å²) in [5.41, 5.74) is 4.28. The third kappa shape index (κ3) is 5.36. The Morgan fingerprint density at radius 3 is 2.65 bits per heavy atom. The number of hydrogen-bond donors (Lipinski definition) is 1. The maximum atomic E-state index is 12.7. The molecule has 0 aromatic heterocycles. The second-order valence-electron chi connectivity index (χ2n) is 8.18. The van der Waals surface area contributed by atoms with E-state index in [0.717, 1.165) is 5.56 Å². The van der Waals surface area contributed by atoms with Gasteiger partial charge < -0.3 is 28.5 Å². The SMILES string of the molecule is CCOc1cc(C2CC(OC(C)=O)CCC2NOC(=O)c2ccc3c(c2)OCO3)ccc1OC. The molecule has 1 saturated carbocycles. The summed E-state index contributed by atoms with van der Waals surface area (Å²) in [4.78, 5) is 29.7. The number of carbonyl (C=O) groups excluding carboxylic acids is 2. The van der Waals surface area contributed by atoms with Gasteiger partial charge in [0.1, 0.15) is 6.10 Å². The number of rotatable bonds is 8. The van der Waals surface area contributed by atoms with E-state index in [2.05, 4.69) is 5.48 Å². The fraction of sp³-hybridized carbons (Fsp3) is 0.440. The third-order valence-electron chi connectivity index (χ3n) is 5.96. The topological polar surface area (TPSA) is 102 Å². The largest absolute Gasteiger partial charge is 0.493 e. The number of hydroxylamine groups is 1. The molecule has 1 fully saturated rings. The Bertz CT molecular complexity index is 1040. The minimum Gasteiger partial charge on any atom is -0.493 e. The van der Waals surface area contributed by atoms with Crippen LogP contribution < -0.4 is 24.4 Å². The molecule has 0 bridgehead atoms. The van der Waals surface area contributed by atoms with Crippen LogP contribution in [0, 0.1) is 0 Å². The number of fused-ring (bicyclic) bond motifs is 1. The molecule has 0 amide bonds. The van der Waals surface area contributed by atoms with E-state index < -0.39 is 5.97 Å². The highest BCUT2D eigenvalue weighted by molar-refractivity contribution is 5.90. The highest BCUT2D eigenvalue weighted by atomic mass is 16.7. The zero-order valence-corrected chi connectivity index (χ0v) is 19.5. The molecular weight excluding hydrogens is 442 g/mol. The maximum absolute atomic E-state index is 12.7. The Hall–Kier alpha value is -3.46. The van der Waals surface area contributed by atoms with Crippen LogP contribution in [-0.2, 0) is 14.4 Å². The second kappa shape index (κ2) is 10.6. The zero-order valence-electron chi connectivity index (χ0n) is 19.5. The van der Waals surface area contributed by atoms with Gasteiger partial charge in [-0.25, -0.2) is 4.79 Å². The molecule has 2 aromatic carbocycles. The van der Waals surface area contributed by atoms with E-state index in [4.69, 9.17) is 28.5 Å². The summed E-state index contributed by atoms with van der Waals surface area (Å²) in [5, 5.41) is 0. The van der Waals surface area contributed by atoms with Gasteiger partial charge in [-0.3, -0.25) is 4.79 Å². The Morgan fingerprint density at radius 1 is 1.06 bits per heavy atom. The molecule has 3 atom stereocenters. The molecule has 0 spiro atoms. The normalized spacial score (nSPS) is 21.0. The van der Waals surface area contributed by atoms with Gasteiger partial charge >= 0.3 is 11.9 Å². The molecule has 34 heavy (non-hydrogen) atoms. The van der Waals surface area contributed by atoms with Crippen LogP contribution in [0.1, 0.15) is 54.9 Å². The first-order valence-corrected chi connectivity index (χ1v) is 11.3. The molecule has 4 rings (SSSR count). The molecule has 9 nitrogen and oxygen atoms in total. The van der Waals surface area contributed by atoms with E-state index in [0.29, 0.717) is 54.4 Å². The van der Waals surface area contributed by atoms with Gasteiger partial charge in [-0.05, 0) is 62.1 Å². The number of benzene rings is 2. The predicted octanol–water partition coefficient (Wildman–Crippen LogP) is 3.75. The first-order chi connectivity index (χ1) is 16.5. The first-order valence-electron chi connectivity index (χ1n) is 11.3. The van der Waals surface area contributed by atoms with Crippen LogP contribution in [-0.4, -0.2) is 44.6 Å². The van der Waals surface area contributed by atoms with E-state index >= 15 is 0 Å². The second-order valence-corrected chi connectivity index (χ2v) is 8.18. The van der Waals surface area contributed by atoms with Crippen LogP contribution in [0.2, 0.25) is 0 Å². The lowest BCUT2D eigenvalue weighted by molar-refractivity contribution is -0.148. The molecule has 9 heteroatoms. The van der Waals surface area contributed by atoms with Gasteiger partial charge in [-0.15, -0.1) is 5.48 Å². The van der Waals surface area contributed by atoms with Crippen molar-refractivity contribution in [3.05, 3.63) is 47.5 Å². The smallest absolute Gasteiger partial charge is 0.356 e. The van der Waals surface area contributed by atoms with Crippen molar-refractivity contribution in [1.29, 1.82) is 0 Å². The van der Waals surface area contributed by atoms with Crippen molar-refractivity contribution < 1.29 is 38.1 Å². The van der Waals surface area contributed by atoms with E-state index in [1.54, 1.807) is 25.3 Å². The predicted molar refractivity (Wildman–Crippen MR) is 121 cm³/mol. The summed E-state index contributed by atoms with van der Waals surface area (Å²) in [5.74, 6) is 1.45. The zero-order chi connectivity index (χ0) is 24.1. The summed E-state index contributed by atoms with van der Waals surface area (Å²) in [6.45, 7) is 3.94. The van der Waals surface area contributed by atoms with Crippen LogP contribution in [0.25, 0.3) is 0 Å². The van der Waals surface area contributed by atoms with Crippen molar-refractivity contribution in [3.8, 4) is 23.0 Å². The third-order valence-corrected chi connectivity index (χ3v) is 5.96. The highest BCUT2D eigenvalue weighted by Gasteiger charge is 2.34. The molecule has 2 aromatic rings. The van der Waals surface area contributed by atoms with E-state index in [1.165, 1.54) is 6.92 Å². The Labute approximate surface area is 198 Å². The van der Waals surface area contributed by atoms with Gasteiger partial charge in [-0.2, -0.15) is 0 Å². The first kappa shape index (κ1) is 23.7. The standard InChI is InChI=1S/C25H29NO8/c1-4-30-23-11-16(5-9-21(23)29-3)19-13-18(33-15(2)27)7-8-20(19)26-34-25(28)17-6-10-22-24(12-17)32-14-31-22/h5-6,9-12,18-20,26H,4,7-8,13-14H2,1-3H3. The average molecular weight is 472 g/mol. The molecule has 2 aliphatic rings. The Balaban J connectivity index is 1.51. The number of nitrogens with one attached hydrogen (secondary N) is 1. The van der Waals surface area contributed by atoms with Crippen molar-refractivity contribution in [2.24, 2.45) is 0 Å². The summed E-state index contributed by atoms with van der Waals surface area (Å²) in [7, 11) is 1.59. The lowest BCUT2D eigenvalue weighted by atomic mass is 9.79. The monoisotopic (exact) mass is 471 g/mol. The summed E-state index contributed by atoms with van der Waals surface area (Å²) < 4.78 is 27.3. The van der Waals surface area contributed by atoms with Crippen LogP contribution in [0.3, 0.4) is 0 Å². The Morgan fingerprint density at radius 2 is 1.88 bits per heavy atom. The molecule has 0 saturated heterocycles. The lowest BCUT2D eigenvalue weighted by Crippen LogP contribution is -2.42. The number of ether oxygens (including phenoxy) is 5. The van der Waals surface area contributed by atoms with Crippen LogP contribution >= 0.6 is 0 Å². The van der Waals surface area contributed by atoms with Crippen molar-refractivity contribution in [2.45, 2.75) is 51.2 Å². The summed E-state index contributed by atoms with van der Waals surface area (Å²) in [6.07, 6.45) is 1.66. The van der Waals surface area contributed by atoms with Crippen LogP contribution in [0.5, 0.6) is 23.0 Å². The summed E-state index contributed by atoms with van der Waals surface area (Å²) in [6, 6.07) is 10.5. The summed E-state index contributed by atoms with van der Waals surface area (Å²) >= 11 is 0. The molecule has 3 unspecified atom stereocenters. The lowest BCUT2D eigenvalue weighted by Gasteiger charge is -2.36. The van der Waals surface area contributed by atoms with Gasteiger partial charge in [-0.1, -0.05) is 6.07 Å². The van der Waals surface area contributed by atoms with E-state index in [9.17, 15) is 9.59 Å². The van der Waals surface area contributed by atoms with Crippen LogP contribution in [0.4, 0.5) is 0 Å². The van der Waals surface area contributed by atoms with Gasteiger partial charge in [0, 0.05) is 12.8 Å². The van der Waals surface area contributed by atoms with Crippen molar-refractivity contribution in [1.82, 2.24) is 5.48 Å². The van der Waals surface area contributed by atoms with Gasteiger partial charge in [0.15, 0.2) is 23.0 Å². The van der Waals surface area contributed by atoms with Crippen molar-refractivity contribution >= 4 is 11.9 Å². The number of esters is 1. The van der Waals surface area contributed by atoms with Crippen molar-refractivity contribution in [2.75, 3.05) is 20.5 Å². The minimum absolute atomic E-state index is 0.0900. The van der Waals surface area contributed by atoms with Crippen molar-refractivity contribution in [3.63, 3.8) is 0 Å². The van der Waals surface area contributed by atoms with Gasteiger partial charge in [0.05, 0.1) is 25.3 Å². The Kier molecular flexibility index (Phi) is 7.42. The van der Waals surface area contributed by atoms with Crippen LogP contribution in [0.15, 0.2) is 36.4 Å². The molecular formula is C25H29NO8. The quantitative estimate of drug-likeness (QED) is 0.455. The van der Waals surface area contributed by atoms with Gasteiger partial charge in [0.2, 0.25) is 6.79 Å². The molecule has 1 aliphatic carbocycles. The molecule has 1 heterocycles. The van der Waals surface area contributed by atoms with E-state index in [1.807, 2.05) is 25.1 Å². The number of carbonyl (C=O) groups is 2. The fourth-order valence-electron chi connectivity index (χ4n) is 4.39. The highest BCUT2D eigenvalue weighted by Crippen LogP contribution is 2.39. The molecule has 182 valence electrons. The molecule has 1 aliphatic heterocycles. The van der Waals surface area contributed by atoms with E-state index in [-0.39, 0.29) is 30.8 Å². The fourth-order valence-corrected chi connectivity index (χ4v) is 4.39. The maximum Gasteiger partial charge on any atom is 0.356 e. The molecule has 0 radical (unpaired) electrons. The number of methoxy groups -OCH3 is 1.